The Labute approximate surface area is 136 Å². The van der Waals surface area contributed by atoms with E-state index in [-0.39, 0.29) is 0 Å². The molecule has 2 N–H and O–H groups in total. The number of rotatable bonds is 5. The van der Waals surface area contributed by atoms with Crippen LogP contribution in [-0.4, -0.2) is 29.4 Å². The van der Waals surface area contributed by atoms with Crippen molar-refractivity contribution in [1.82, 2.24) is 15.1 Å². The molecule has 1 aromatic rings. The quantitative estimate of drug-likeness (QED) is 0.842. The Bertz CT molecular complexity index is 485. The van der Waals surface area contributed by atoms with Crippen LogP contribution in [0.15, 0.2) is 4.47 Å². The number of piperidine rings is 1. The third-order valence-corrected chi connectivity index (χ3v) is 5.86. The topological polar surface area (TPSA) is 41.9 Å². The highest BCUT2D eigenvalue weighted by atomic mass is 79.9. The first kappa shape index (κ1) is 15.3. The maximum Gasteiger partial charge on any atom is 0.139 e. The Morgan fingerprint density at radius 2 is 2.24 bits per heavy atom. The molecule has 1 aromatic heterocycles. The number of aromatic nitrogens is 2. The summed E-state index contributed by atoms with van der Waals surface area (Å²) in [6.07, 6.45) is 6.16. The molecule has 2 aliphatic rings. The lowest BCUT2D eigenvalue weighted by molar-refractivity contribution is 0.236. The zero-order valence-corrected chi connectivity index (χ0v) is 14.7. The fraction of sp³-hybridized carbons (Fsp3) is 0.812. The van der Waals surface area contributed by atoms with E-state index in [4.69, 9.17) is 5.10 Å². The minimum atomic E-state index is 0.566. The van der Waals surface area contributed by atoms with Crippen LogP contribution in [0.2, 0.25) is 0 Å². The predicted molar refractivity (Wildman–Crippen MR) is 91.0 cm³/mol. The first-order valence-electron chi connectivity index (χ1n) is 8.48. The molecule has 0 spiro atoms. The number of unbranched alkanes of at least 4 members (excludes halogenated alkanes) is 1. The summed E-state index contributed by atoms with van der Waals surface area (Å²) in [5.41, 5.74) is 1.27. The molecule has 2 aliphatic heterocycles. The summed E-state index contributed by atoms with van der Waals surface area (Å²) in [7, 11) is 0. The lowest BCUT2D eigenvalue weighted by atomic mass is 9.92. The highest BCUT2D eigenvalue weighted by Gasteiger charge is 2.35. The average Bonchev–Trinajstić information content (AvgIpc) is 2.86. The number of nitrogens with zero attached hydrogens (tertiary/aromatic N) is 2. The van der Waals surface area contributed by atoms with E-state index in [1.165, 1.54) is 48.1 Å². The van der Waals surface area contributed by atoms with Gasteiger partial charge in [0.05, 0.1) is 16.2 Å². The van der Waals surface area contributed by atoms with Crippen LogP contribution in [0.5, 0.6) is 0 Å². The van der Waals surface area contributed by atoms with Gasteiger partial charge < -0.3 is 10.6 Å². The van der Waals surface area contributed by atoms with Crippen LogP contribution in [0, 0.1) is 5.92 Å². The SMILES string of the molecule is CCCCC(CC)c1nn2c(c1Br)NCC1CNCCC12. The normalized spacial score (nSPS) is 25.9. The van der Waals surface area contributed by atoms with E-state index in [0.29, 0.717) is 17.9 Å². The summed E-state index contributed by atoms with van der Waals surface area (Å²) in [5, 5.41) is 12.1. The molecule has 0 amide bonds. The van der Waals surface area contributed by atoms with Gasteiger partial charge in [-0.1, -0.05) is 26.7 Å². The van der Waals surface area contributed by atoms with Gasteiger partial charge in [0.25, 0.3) is 0 Å². The van der Waals surface area contributed by atoms with E-state index in [1.807, 2.05) is 0 Å². The van der Waals surface area contributed by atoms with E-state index in [9.17, 15) is 0 Å². The Hall–Kier alpha value is -0.550. The average molecular weight is 355 g/mol. The maximum absolute atomic E-state index is 5.04. The van der Waals surface area contributed by atoms with Crippen molar-refractivity contribution in [2.24, 2.45) is 5.92 Å². The van der Waals surface area contributed by atoms with Gasteiger partial charge in [-0.15, -0.1) is 0 Å². The van der Waals surface area contributed by atoms with E-state index >= 15 is 0 Å². The lowest BCUT2D eigenvalue weighted by Crippen LogP contribution is -2.44. The minimum absolute atomic E-state index is 0.566. The molecule has 0 radical (unpaired) electrons. The molecule has 3 atom stereocenters. The van der Waals surface area contributed by atoms with Crippen molar-refractivity contribution in [2.45, 2.75) is 57.9 Å². The standard InChI is InChI=1S/C16H27BrN4/c1-3-5-6-11(4-2)15-14(17)16-19-10-12-9-18-8-7-13(12)21(16)20-15/h11-13,18-19H,3-10H2,1-2H3. The molecule has 5 heteroatoms. The Morgan fingerprint density at radius 1 is 1.38 bits per heavy atom. The molecular formula is C16H27BrN4. The molecule has 21 heavy (non-hydrogen) atoms. The highest BCUT2D eigenvalue weighted by Crippen LogP contribution is 2.41. The van der Waals surface area contributed by atoms with Crippen molar-refractivity contribution < 1.29 is 0 Å². The van der Waals surface area contributed by atoms with Gasteiger partial charge in [-0.2, -0.15) is 5.10 Å². The second kappa shape index (κ2) is 6.69. The minimum Gasteiger partial charge on any atom is -0.369 e. The molecule has 0 aromatic carbocycles. The van der Waals surface area contributed by atoms with Crippen molar-refractivity contribution in [3.05, 3.63) is 10.2 Å². The van der Waals surface area contributed by atoms with Crippen LogP contribution in [0.3, 0.4) is 0 Å². The number of hydrogen-bond acceptors (Lipinski definition) is 3. The van der Waals surface area contributed by atoms with E-state index in [0.717, 1.165) is 19.6 Å². The molecule has 0 bridgehead atoms. The zero-order chi connectivity index (χ0) is 14.8. The van der Waals surface area contributed by atoms with Gasteiger partial charge in [0.2, 0.25) is 0 Å². The maximum atomic E-state index is 5.04. The second-order valence-corrected chi connectivity index (χ2v) is 7.23. The molecule has 3 unspecified atom stereocenters. The third kappa shape index (κ3) is 2.87. The summed E-state index contributed by atoms with van der Waals surface area (Å²) in [5.74, 6) is 2.46. The molecule has 4 nitrogen and oxygen atoms in total. The van der Waals surface area contributed by atoms with E-state index < -0.39 is 0 Å². The van der Waals surface area contributed by atoms with Crippen molar-refractivity contribution in [3.63, 3.8) is 0 Å². The van der Waals surface area contributed by atoms with Crippen molar-refractivity contribution in [2.75, 3.05) is 25.0 Å². The summed E-state index contributed by atoms with van der Waals surface area (Å²) < 4.78 is 3.49. The monoisotopic (exact) mass is 354 g/mol. The lowest BCUT2D eigenvalue weighted by Gasteiger charge is -2.37. The van der Waals surface area contributed by atoms with Crippen LogP contribution < -0.4 is 10.6 Å². The second-order valence-electron chi connectivity index (χ2n) is 6.44. The fourth-order valence-electron chi connectivity index (χ4n) is 3.74. The van der Waals surface area contributed by atoms with E-state index in [1.54, 1.807) is 0 Å². The number of anilines is 1. The molecule has 118 valence electrons. The molecule has 1 fully saturated rings. The Balaban J connectivity index is 1.89. The van der Waals surface area contributed by atoms with Gasteiger partial charge >= 0.3 is 0 Å². The van der Waals surface area contributed by atoms with Crippen molar-refractivity contribution >= 4 is 21.7 Å². The summed E-state index contributed by atoms with van der Waals surface area (Å²) in [6.45, 7) is 7.83. The molecular weight excluding hydrogens is 328 g/mol. The van der Waals surface area contributed by atoms with Gasteiger partial charge in [-0.3, -0.25) is 0 Å². The number of halogens is 1. The number of nitrogens with one attached hydrogen (secondary N) is 2. The molecule has 1 saturated heterocycles. The third-order valence-electron chi connectivity index (χ3n) is 5.08. The first-order chi connectivity index (χ1) is 10.3. The molecule has 0 aliphatic carbocycles. The van der Waals surface area contributed by atoms with E-state index in [2.05, 4.69) is 45.1 Å². The smallest absolute Gasteiger partial charge is 0.139 e. The Kier molecular flexibility index (Phi) is 4.89. The van der Waals surface area contributed by atoms with Crippen LogP contribution in [0.4, 0.5) is 5.82 Å². The predicted octanol–water partition coefficient (Wildman–Crippen LogP) is 3.91. The summed E-state index contributed by atoms with van der Waals surface area (Å²) >= 11 is 3.83. The van der Waals surface area contributed by atoms with Gasteiger partial charge in [-0.25, -0.2) is 4.68 Å². The molecule has 3 heterocycles. The van der Waals surface area contributed by atoms with Crippen LogP contribution in [0.1, 0.15) is 63.6 Å². The number of fused-ring (bicyclic) bond motifs is 3. The summed E-state index contributed by atoms with van der Waals surface area (Å²) in [6, 6.07) is 0.566. The first-order valence-corrected chi connectivity index (χ1v) is 9.28. The fourth-order valence-corrected chi connectivity index (χ4v) is 4.47. The molecule has 3 rings (SSSR count). The van der Waals surface area contributed by atoms with Crippen LogP contribution in [-0.2, 0) is 0 Å². The van der Waals surface area contributed by atoms with Gasteiger partial charge in [0, 0.05) is 24.9 Å². The van der Waals surface area contributed by atoms with Gasteiger partial charge in [-0.05, 0) is 41.7 Å². The largest absolute Gasteiger partial charge is 0.369 e. The number of hydrogen-bond donors (Lipinski definition) is 2. The van der Waals surface area contributed by atoms with Crippen LogP contribution >= 0.6 is 15.9 Å². The molecule has 0 saturated carbocycles. The van der Waals surface area contributed by atoms with Gasteiger partial charge in [0.1, 0.15) is 5.82 Å². The van der Waals surface area contributed by atoms with Gasteiger partial charge in [0.15, 0.2) is 0 Å². The summed E-state index contributed by atoms with van der Waals surface area (Å²) in [4.78, 5) is 0. The van der Waals surface area contributed by atoms with Crippen LogP contribution in [0.25, 0.3) is 0 Å². The Morgan fingerprint density at radius 3 is 3.00 bits per heavy atom. The van der Waals surface area contributed by atoms with Crippen molar-refractivity contribution in [1.29, 1.82) is 0 Å². The highest BCUT2D eigenvalue weighted by molar-refractivity contribution is 9.10. The van der Waals surface area contributed by atoms with Crippen molar-refractivity contribution in [3.8, 4) is 0 Å². The zero-order valence-electron chi connectivity index (χ0n) is 13.2.